The molecular formula is C21H33N3O4. The topological polar surface area (TPSA) is 74.6 Å². The molecule has 1 N–H and O–H groups in total. The van der Waals surface area contributed by atoms with Crippen LogP contribution in [0.2, 0.25) is 0 Å². The minimum atomic E-state index is -0.105. The molecule has 7 heteroatoms. The molecule has 0 aliphatic heterocycles. The molecule has 156 valence electrons. The van der Waals surface area contributed by atoms with E-state index in [9.17, 15) is 4.79 Å². The fourth-order valence-electron chi connectivity index (χ4n) is 2.64. The molecular weight excluding hydrogens is 358 g/mol. The number of hydrogen-bond acceptors (Lipinski definition) is 5. The molecule has 1 atom stereocenters. The van der Waals surface area contributed by atoms with Crippen LogP contribution in [-0.4, -0.2) is 62.4 Å². The average molecular weight is 392 g/mol. The van der Waals surface area contributed by atoms with Crippen molar-refractivity contribution in [1.82, 2.24) is 15.1 Å². The van der Waals surface area contributed by atoms with Crippen molar-refractivity contribution in [2.45, 2.75) is 26.3 Å². The Morgan fingerprint density at radius 2 is 1.82 bits per heavy atom. The minimum absolute atomic E-state index is 0. The maximum Gasteiger partial charge on any atom is 0.251 e. The van der Waals surface area contributed by atoms with E-state index in [1.54, 1.807) is 7.11 Å². The Kier molecular flexibility index (Phi) is 9.68. The monoisotopic (exact) mass is 391 g/mol. The minimum Gasteiger partial charge on any atom is -0.382 e. The molecule has 28 heavy (non-hydrogen) atoms. The molecule has 1 amide bonds. The van der Waals surface area contributed by atoms with Crippen LogP contribution in [-0.2, 0) is 20.6 Å². The van der Waals surface area contributed by atoms with Gasteiger partial charge in [0.15, 0.2) is 0 Å². The molecule has 0 saturated heterocycles. The Bertz CT molecular complexity index is 706. The summed E-state index contributed by atoms with van der Waals surface area (Å²) in [5.74, 6) is -0.105. The molecule has 0 spiro atoms. The molecule has 7 nitrogen and oxygen atoms in total. The number of carbonyl (C=O) groups excluding carboxylic acids is 1. The van der Waals surface area contributed by atoms with Gasteiger partial charge < -0.3 is 19.5 Å². The largest absolute Gasteiger partial charge is 0.382 e. The van der Waals surface area contributed by atoms with Gasteiger partial charge >= 0.3 is 0 Å². The average Bonchev–Trinajstić information content (AvgIpc) is 3.21. The highest BCUT2D eigenvalue weighted by Crippen LogP contribution is 2.18. The molecule has 2 rings (SSSR count). The van der Waals surface area contributed by atoms with Crippen LogP contribution in [0.5, 0.6) is 0 Å². The third kappa shape index (κ3) is 7.07. The van der Waals surface area contributed by atoms with Gasteiger partial charge in [0.05, 0.1) is 45.3 Å². The number of ether oxygens (including phenoxy) is 3. The van der Waals surface area contributed by atoms with Crippen molar-refractivity contribution < 1.29 is 20.4 Å². The van der Waals surface area contributed by atoms with Crippen molar-refractivity contribution in [1.29, 1.82) is 0 Å². The van der Waals surface area contributed by atoms with Gasteiger partial charge in [0.25, 0.3) is 5.91 Å². The first kappa shape index (κ1) is 22.1. The molecule has 2 aromatic rings. The fraction of sp³-hybridized carbons (Fsp3) is 0.524. The standard InChI is InChI=1S/C21H31N3O4.H2/c1-4-18-15-23-24(16-18)17(2)19-5-7-20(8-6-19)21(25)22-9-10-27-13-14-28-12-11-26-3;/h5-8,15-17H,4,9-14H2,1-3H3,(H,22,25);1H. The van der Waals surface area contributed by atoms with Gasteiger partial charge in [-0.3, -0.25) is 9.48 Å². The lowest BCUT2D eigenvalue weighted by atomic mass is 10.1. The molecule has 0 radical (unpaired) electrons. The van der Waals surface area contributed by atoms with Gasteiger partial charge in [-0.2, -0.15) is 5.10 Å². The van der Waals surface area contributed by atoms with E-state index in [-0.39, 0.29) is 13.4 Å². The smallest absolute Gasteiger partial charge is 0.251 e. The highest BCUT2D eigenvalue weighted by atomic mass is 16.5. The predicted octanol–water partition coefficient (Wildman–Crippen LogP) is 2.71. The summed E-state index contributed by atoms with van der Waals surface area (Å²) in [6, 6.07) is 7.75. The lowest BCUT2D eigenvalue weighted by Crippen LogP contribution is -2.27. The Hall–Kier alpha value is -2.22. The fourth-order valence-corrected chi connectivity index (χ4v) is 2.64. The number of aromatic nitrogens is 2. The molecule has 0 aliphatic rings. The van der Waals surface area contributed by atoms with Gasteiger partial charge in [-0.15, -0.1) is 0 Å². The number of nitrogens with zero attached hydrogens (tertiary/aromatic N) is 2. The van der Waals surface area contributed by atoms with Gasteiger partial charge in [-0.05, 0) is 36.6 Å². The molecule has 1 heterocycles. The summed E-state index contributed by atoms with van der Waals surface area (Å²) in [4.78, 5) is 12.2. The van der Waals surface area contributed by atoms with Crippen LogP contribution >= 0.6 is 0 Å². The number of rotatable bonds is 13. The molecule has 0 saturated carbocycles. The molecule has 0 fully saturated rings. The predicted molar refractivity (Wildman–Crippen MR) is 110 cm³/mol. The zero-order valence-electron chi connectivity index (χ0n) is 17.0. The highest BCUT2D eigenvalue weighted by Gasteiger charge is 2.11. The van der Waals surface area contributed by atoms with E-state index in [4.69, 9.17) is 14.2 Å². The number of nitrogens with one attached hydrogen (secondary N) is 1. The van der Waals surface area contributed by atoms with Gasteiger partial charge in [0.2, 0.25) is 0 Å². The van der Waals surface area contributed by atoms with Crippen LogP contribution in [0.4, 0.5) is 0 Å². The van der Waals surface area contributed by atoms with Crippen molar-refractivity contribution in [3.8, 4) is 0 Å². The van der Waals surface area contributed by atoms with Crippen molar-refractivity contribution in [3.05, 3.63) is 53.3 Å². The summed E-state index contributed by atoms with van der Waals surface area (Å²) in [6.45, 7) is 7.28. The van der Waals surface area contributed by atoms with Crippen molar-refractivity contribution in [2.75, 3.05) is 46.7 Å². The van der Waals surface area contributed by atoms with Crippen molar-refractivity contribution >= 4 is 5.91 Å². The van der Waals surface area contributed by atoms with Crippen LogP contribution in [0.3, 0.4) is 0 Å². The van der Waals surface area contributed by atoms with Gasteiger partial charge in [-0.1, -0.05) is 19.1 Å². The second-order valence-corrected chi connectivity index (χ2v) is 6.45. The summed E-state index contributed by atoms with van der Waals surface area (Å²) in [6.07, 6.45) is 4.93. The summed E-state index contributed by atoms with van der Waals surface area (Å²) in [5.41, 5.74) is 2.96. The number of carbonyl (C=O) groups is 1. The first-order valence-corrected chi connectivity index (χ1v) is 9.71. The summed E-state index contributed by atoms with van der Waals surface area (Å²) in [7, 11) is 1.64. The van der Waals surface area contributed by atoms with E-state index >= 15 is 0 Å². The van der Waals surface area contributed by atoms with Crippen LogP contribution in [0, 0.1) is 0 Å². The summed E-state index contributed by atoms with van der Waals surface area (Å²) < 4.78 is 17.6. The quantitative estimate of drug-likeness (QED) is 0.532. The van der Waals surface area contributed by atoms with Gasteiger partial charge in [0, 0.05) is 26.8 Å². The SMILES string of the molecule is CCc1cnn(C(C)c2ccc(C(=O)NCCOCCOCCOC)cc2)c1.[HH]. The van der Waals surface area contributed by atoms with Crippen LogP contribution in [0.15, 0.2) is 36.7 Å². The third-order valence-corrected chi connectivity index (χ3v) is 4.45. The zero-order valence-corrected chi connectivity index (χ0v) is 17.0. The zero-order chi connectivity index (χ0) is 20.2. The molecule has 1 aromatic carbocycles. The van der Waals surface area contributed by atoms with Crippen LogP contribution in [0.1, 0.15) is 42.8 Å². The van der Waals surface area contributed by atoms with Gasteiger partial charge in [0.1, 0.15) is 0 Å². The number of hydrogen-bond donors (Lipinski definition) is 1. The third-order valence-electron chi connectivity index (χ3n) is 4.45. The first-order valence-electron chi connectivity index (χ1n) is 9.71. The first-order chi connectivity index (χ1) is 13.7. The maximum atomic E-state index is 12.2. The van der Waals surface area contributed by atoms with E-state index in [0.717, 1.165) is 12.0 Å². The van der Waals surface area contributed by atoms with Gasteiger partial charge in [-0.25, -0.2) is 0 Å². The molecule has 1 aromatic heterocycles. The second-order valence-electron chi connectivity index (χ2n) is 6.45. The number of aryl methyl sites for hydroxylation is 1. The Labute approximate surface area is 168 Å². The Morgan fingerprint density at radius 1 is 1.14 bits per heavy atom. The van der Waals surface area contributed by atoms with E-state index < -0.39 is 0 Å². The number of benzene rings is 1. The lowest BCUT2D eigenvalue weighted by molar-refractivity contribution is 0.0255. The Balaban J connectivity index is 0.00000420. The number of methoxy groups -OCH3 is 1. The highest BCUT2D eigenvalue weighted by molar-refractivity contribution is 5.94. The van der Waals surface area contributed by atoms with Crippen LogP contribution in [0.25, 0.3) is 0 Å². The lowest BCUT2D eigenvalue weighted by Gasteiger charge is -2.13. The van der Waals surface area contributed by atoms with E-state index in [1.165, 1.54) is 5.56 Å². The molecule has 0 bridgehead atoms. The molecule has 0 aliphatic carbocycles. The van der Waals surface area contributed by atoms with Crippen molar-refractivity contribution in [3.63, 3.8) is 0 Å². The van der Waals surface area contributed by atoms with E-state index in [0.29, 0.717) is 45.1 Å². The number of amides is 1. The Morgan fingerprint density at radius 3 is 2.46 bits per heavy atom. The van der Waals surface area contributed by atoms with Crippen LogP contribution < -0.4 is 5.32 Å². The maximum absolute atomic E-state index is 12.2. The van der Waals surface area contributed by atoms with E-state index in [1.807, 2.05) is 35.1 Å². The van der Waals surface area contributed by atoms with E-state index in [2.05, 4.69) is 30.5 Å². The molecule has 1 unspecified atom stereocenters. The van der Waals surface area contributed by atoms with Crippen molar-refractivity contribution in [2.24, 2.45) is 0 Å². The second kappa shape index (κ2) is 12.3. The normalized spacial score (nSPS) is 12.1. The summed E-state index contributed by atoms with van der Waals surface area (Å²) >= 11 is 0. The summed E-state index contributed by atoms with van der Waals surface area (Å²) in [5, 5.41) is 7.27.